The molecule has 1 heterocycles. The van der Waals surface area contributed by atoms with E-state index in [1.165, 1.54) is 5.32 Å². The fourth-order valence-electron chi connectivity index (χ4n) is 1.99. The number of carbonyl (C=O) groups is 1. The number of nitrogens with zero attached hydrogens (tertiary/aromatic N) is 2. The molecular weight excluding hydrogens is 404 g/mol. The van der Waals surface area contributed by atoms with Crippen LogP contribution in [0.3, 0.4) is 0 Å². The van der Waals surface area contributed by atoms with Gasteiger partial charge in [-0.3, -0.25) is 9.48 Å². The number of carbonyl (C=O) groups excluding carboxylic acids is 1. The van der Waals surface area contributed by atoms with Crippen molar-refractivity contribution >= 4 is 11.6 Å². The number of aromatic nitrogens is 2. The summed E-state index contributed by atoms with van der Waals surface area (Å²) in [6, 6.07) is 0.155. The highest BCUT2D eigenvalue weighted by molar-refractivity contribution is 6.03. The SMILES string of the molecule is Cn1nc(C(F)(F)F)cc1C(=O)Nc1c(F)c(F)c(C(F)(F)F)c(F)c1F. The fraction of sp³-hybridized carbons (Fsp3) is 0.231. The summed E-state index contributed by atoms with van der Waals surface area (Å²) in [5.41, 5.74) is -7.32. The lowest BCUT2D eigenvalue weighted by Crippen LogP contribution is -2.21. The molecule has 2 aromatic rings. The number of hydrogen-bond acceptors (Lipinski definition) is 2. The largest absolute Gasteiger partial charge is 0.435 e. The Morgan fingerprint density at radius 1 is 0.926 bits per heavy atom. The van der Waals surface area contributed by atoms with E-state index >= 15 is 0 Å². The molecule has 1 aromatic heterocycles. The molecule has 0 aliphatic carbocycles. The van der Waals surface area contributed by atoms with E-state index in [-0.39, 0.29) is 6.07 Å². The summed E-state index contributed by atoms with van der Waals surface area (Å²) in [7, 11) is 0.838. The van der Waals surface area contributed by atoms with Crippen molar-refractivity contribution in [2.45, 2.75) is 12.4 Å². The zero-order chi connectivity index (χ0) is 20.9. The van der Waals surface area contributed by atoms with Gasteiger partial charge in [-0.15, -0.1) is 0 Å². The summed E-state index contributed by atoms with van der Waals surface area (Å²) in [4.78, 5) is 11.8. The quantitative estimate of drug-likeness (QED) is 0.595. The first kappa shape index (κ1) is 20.5. The first-order valence-electron chi connectivity index (χ1n) is 6.52. The second-order valence-corrected chi connectivity index (χ2v) is 4.99. The molecule has 0 unspecified atom stereocenters. The number of hydrogen-bond donors (Lipinski definition) is 1. The van der Waals surface area contributed by atoms with Crippen molar-refractivity contribution in [2.24, 2.45) is 7.05 Å². The highest BCUT2D eigenvalue weighted by atomic mass is 19.4. The minimum absolute atomic E-state index is 0.155. The number of benzene rings is 1. The zero-order valence-corrected chi connectivity index (χ0v) is 12.7. The summed E-state index contributed by atoms with van der Waals surface area (Å²) in [6.07, 6.45) is -10.8. The number of alkyl halides is 6. The van der Waals surface area contributed by atoms with Crippen LogP contribution in [0.15, 0.2) is 6.07 Å². The zero-order valence-electron chi connectivity index (χ0n) is 12.7. The number of halogens is 10. The smallest absolute Gasteiger partial charge is 0.316 e. The summed E-state index contributed by atoms with van der Waals surface area (Å²) in [6.45, 7) is 0. The van der Waals surface area contributed by atoms with E-state index in [4.69, 9.17) is 0 Å². The second-order valence-electron chi connectivity index (χ2n) is 4.99. The minimum atomic E-state index is -5.79. The van der Waals surface area contributed by atoms with Crippen molar-refractivity contribution in [3.8, 4) is 0 Å². The maximum absolute atomic E-state index is 13.7. The van der Waals surface area contributed by atoms with Gasteiger partial charge in [0.2, 0.25) is 0 Å². The van der Waals surface area contributed by atoms with Crippen LogP contribution in [0.25, 0.3) is 0 Å². The molecule has 1 N–H and O–H groups in total. The van der Waals surface area contributed by atoms with Crippen LogP contribution < -0.4 is 5.32 Å². The Hall–Kier alpha value is -2.80. The van der Waals surface area contributed by atoms with Crippen LogP contribution in [0.2, 0.25) is 0 Å². The first-order chi connectivity index (χ1) is 12.2. The molecule has 0 aliphatic rings. The Kier molecular flexibility index (Phi) is 4.88. The van der Waals surface area contributed by atoms with E-state index in [1.807, 2.05) is 0 Å². The van der Waals surface area contributed by atoms with Gasteiger partial charge in [0.05, 0.1) is 0 Å². The molecule has 2 rings (SSSR count). The first-order valence-corrected chi connectivity index (χ1v) is 6.52. The molecule has 0 radical (unpaired) electrons. The fourth-order valence-corrected chi connectivity index (χ4v) is 1.99. The lowest BCUT2D eigenvalue weighted by atomic mass is 10.1. The van der Waals surface area contributed by atoms with Gasteiger partial charge in [0, 0.05) is 13.1 Å². The van der Waals surface area contributed by atoms with Crippen molar-refractivity contribution in [1.82, 2.24) is 9.78 Å². The topological polar surface area (TPSA) is 46.9 Å². The van der Waals surface area contributed by atoms with Crippen molar-refractivity contribution < 1.29 is 48.7 Å². The standard InChI is InChI=1S/C13H5F10N3O/c1-26-3(2-4(25-26)12(18,19)20)11(27)24-10-8(16)6(14)5(13(21,22)23)7(15)9(10)17/h2H,1H3,(H,24,27). The maximum Gasteiger partial charge on any atom is 0.435 e. The lowest BCUT2D eigenvalue weighted by Gasteiger charge is -2.14. The molecule has 0 spiro atoms. The molecule has 0 bridgehead atoms. The molecule has 0 saturated heterocycles. The normalized spacial score (nSPS) is 12.4. The number of anilines is 1. The maximum atomic E-state index is 13.7. The van der Waals surface area contributed by atoms with Crippen LogP contribution in [0.1, 0.15) is 21.7 Å². The number of rotatable bonds is 2. The molecule has 0 atom stereocenters. The highest BCUT2D eigenvalue weighted by Crippen LogP contribution is 2.38. The van der Waals surface area contributed by atoms with E-state index in [2.05, 4.69) is 5.10 Å². The van der Waals surface area contributed by atoms with Crippen LogP contribution in [-0.4, -0.2) is 15.7 Å². The van der Waals surface area contributed by atoms with Crippen molar-refractivity contribution in [3.63, 3.8) is 0 Å². The van der Waals surface area contributed by atoms with Gasteiger partial charge in [-0.05, 0) is 0 Å². The molecule has 0 saturated carbocycles. The molecule has 148 valence electrons. The number of amides is 1. The predicted octanol–water partition coefficient (Wildman–Crippen LogP) is 4.27. The molecule has 0 fully saturated rings. The Morgan fingerprint density at radius 3 is 1.78 bits per heavy atom. The van der Waals surface area contributed by atoms with Gasteiger partial charge in [-0.2, -0.15) is 31.4 Å². The second kappa shape index (κ2) is 6.42. The van der Waals surface area contributed by atoms with Gasteiger partial charge in [0.15, 0.2) is 29.0 Å². The average Bonchev–Trinajstić information content (AvgIpc) is 2.90. The highest BCUT2D eigenvalue weighted by Gasteiger charge is 2.43. The molecular formula is C13H5F10N3O. The van der Waals surface area contributed by atoms with E-state index in [1.54, 1.807) is 0 Å². The van der Waals surface area contributed by atoms with Gasteiger partial charge in [0.1, 0.15) is 16.9 Å². The molecule has 1 aromatic carbocycles. The van der Waals surface area contributed by atoms with Crippen LogP contribution in [0.5, 0.6) is 0 Å². The van der Waals surface area contributed by atoms with Crippen LogP contribution in [0.4, 0.5) is 49.6 Å². The van der Waals surface area contributed by atoms with Crippen LogP contribution in [0, 0.1) is 23.3 Å². The van der Waals surface area contributed by atoms with E-state index in [9.17, 15) is 48.7 Å². The third kappa shape index (κ3) is 3.68. The Balaban J connectivity index is 2.50. The lowest BCUT2D eigenvalue weighted by molar-refractivity contribution is -0.143. The molecule has 14 heteroatoms. The van der Waals surface area contributed by atoms with Crippen LogP contribution in [-0.2, 0) is 19.4 Å². The Morgan fingerprint density at radius 2 is 1.41 bits per heavy atom. The van der Waals surface area contributed by atoms with Gasteiger partial charge in [-0.1, -0.05) is 0 Å². The molecule has 4 nitrogen and oxygen atoms in total. The van der Waals surface area contributed by atoms with Crippen molar-refractivity contribution in [3.05, 3.63) is 46.3 Å². The molecule has 1 amide bonds. The predicted molar refractivity (Wildman–Crippen MR) is 67.4 cm³/mol. The van der Waals surface area contributed by atoms with Crippen LogP contribution >= 0.6 is 0 Å². The third-order valence-electron chi connectivity index (χ3n) is 3.19. The summed E-state index contributed by atoms with van der Waals surface area (Å²) in [5, 5.41) is 4.11. The van der Waals surface area contributed by atoms with Crippen molar-refractivity contribution in [2.75, 3.05) is 5.32 Å². The van der Waals surface area contributed by atoms with E-state index < -0.39 is 64.2 Å². The van der Waals surface area contributed by atoms with Gasteiger partial charge in [0.25, 0.3) is 5.91 Å². The van der Waals surface area contributed by atoms with E-state index in [0.717, 1.165) is 7.05 Å². The minimum Gasteiger partial charge on any atom is -0.316 e. The summed E-state index contributed by atoms with van der Waals surface area (Å²) < 4.78 is 130. The van der Waals surface area contributed by atoms with Gasteiger partial charge < -0.3 is 5.32 Å². The van der Waals surface area contributed by atoms with Gasteiger partial charge in [-0.25, -0.2) is 17.6 Å². The van der Waals surface area contributed by atoms with E-state index in [0.29, 0.717) is 4.68 Å². The molecule has 27 heavy (non-hydrogen) atoms. The Labute approximate surface area is 142 Å². The molecule has 0 aliphatic heterocycles. The monoisotopic (exact) mass is 409 g/mol. The summed E-state index contributed by atoms with van der Waals surface area (Å²) >= 11 is 0. The Bertz CT molecular complexity index is 884. The van der Waals surface area contributed by atoms with Gasteiger partial charge >= 0.3 is 12.4 Å². The number of nitrogens with one attached hydrogen (secondary N) is 1. The summed E-state index contributed by atoms with van der Waals surface area (Å²) in [5.74, 6) is -12.6. The average molecular weight is 409 g/mol. The third-order valence-corrected chi connectivity index (χ3v) is 3.19. The number of aryl methyl sites for hydroxylation is 1. The van der Waals surface area contributed by atoms with Crippen molar-refractivity contribution in [1.29, 1.82) is 0 Å².